The van der Waals surface area contributed by atoms with Crippen LogP contribution in [0.15, 0.2) is 42.7 Å². The number of rotatable bonds is 2. The highest BCUT2D eigenvalue weighted by Crippen LogP contribution is 2.37. The van der Waals surface area contributed by atoms with Crippen molar-refractivity contribution in [3.05, 3.63) is 59.5 Å². The summed E-state index contributed by atoms with van der Waals surface area (Å²) in [4.78, 5) is 0. The molecular weight excluding hydrogens is 355 g/mol. The fraction of sp³-hybridized carbons (Fsp3) is 0.176. The molecule has 0 radical (unpaired) electrons. The van der Waals surface area contributed by atoms with E-state index in [-0.39, 0.29) is 11.2 Å². The molecule has 1 aromatic carbocycles. The minimum absolute atomic E-state index is 0.0370. The van der Waals surface area contributed by atoms with E-state index >= 15 is 0 Å². The molecule has 3 aromatic heterocycles. The molecule has 134 valence electrons. The topological polar surface area (TPSA) is 35.1 Å². The highest BCUT2D eigenvalue weighted by molar-refractivity contribution is 5.85. The molecule has 0 unspecified atom stereocenters. The van der Waals surface area contributed by atoms with Gasteiger partial charge in [0.2, 0.25) is 0 Å². The smallest absolute Gasteiger partial charge is 0.238 e. The summed E-state index contributed by atoms with van der Waals surface area (Å²) in [5.41, 5.74) is -0.612. The Kier molecular flexibility index (Phi) is 3.50. The largest absolute Gasteiger partial charge is 0.437 e. The minimum Gasteiger partial charge on any atom is -0.238 e. The van der Waals surface area contributed by atoms with Gasteiger partial charge in [0.05, 0.1) is 17.2 Å². The van der Waals surface area contributed by atoms with Crippen LogP contribution in [0.5, 0.6) is 0 Å². The van der Waals surface area contributed by atoms with Gasteiger partial charge in [-0.2, -0.15) is 23.4 Å². The first kappa shape index (κ1) is 16.5. The third kappa shape index (κ3) is 2.42. The normalized spacial score (nSPS) is 12.6. The molecular formula is C17H11F5N4. The molecule has 0 atom stereocenters. The average molecular weight is 366 g/mol. The summed E-state index contributed by atoms with van der Waals surface area (Å²) in [6, 6.07) is 7.56. The number of aromatic nitrogens is 4. The van der Waals surface area contributed by atoms with Crippen LogP contribution >= 0.6 is 0 Å². The lowest BCUT2D eigenvalue weighted by Gasteiger charge is -2.09. The lowest BCUT2D eigenvalue weighted by atomic mass is 10.1. The van der Waals surface area contributed by atoms with Crippen LogP contribution in [-0.4, -0.2) is 19.4 Å². The molecule has 0 bridgehead atoms. The molecule has 0 N–H and O–H groups in total. The van der Waals surface area contributed by atoms with E-state index in [1.807, 2.05) is 0 Å². The molecule has 0 aliphatic carbocycles. The number of benzene rings is 1. The second kappa shape index (κ2) is 5.52. The number of hydrogen-bond acceptors (Lipinski definition) is 2. The van der Waals surface area contributed by atoms with Crippen molar-refractivity contribution in [3.63, 3.8) is 0 Å². The van der Waals surface area contributed by atoms with Crippen molar-refractivity contribution < 1.29 is 22.0 Å². The van der Waals surface area contributed by atoms with Crippen LogP contribution in [-0.2, 0) is 6.18 Å². The van der Waals surface area contributed by atoms with E-state index in [4.69, 9.17) is 0 Å². The van der Waals surface area contributed by atoms with Crippen LogP contribution in [0.3, 0.4) is 0 Å². The van der Waals surface area contributed by atoms with Crippen molar-refractivity contribution in [2.45, 2.75) is 19.5 Å². The van der Waals surface area contributed by atoms with Gasteiger partial charge in [-0.25, -0.2) is 18.0 Å². The number of para-hydroxylation sites is 1. The quantitative estimate of drug-likeness (QED) is 0.471. The number of aryl methyl sites for hydroxylation is 1. The molecule has 0 aliphatic heterocycles. The lowest BCUT2D eigenvalue weighted by Crippen LogP contribution is -2.11. The van der Waals surface area contributed by atoms with Gasteiger partial charge in [0.1, 0.15) is 5.69 Å². The number of fused-ring (bicyclic) bond motifs is 2. The van der Waals surface area contributed by atoms with E-state index < -0.39 is 23.9 Å². The van der Waals surface area contributed by atoms with E-state index in [0.29, 0.717) is 10.9 Å². The molecule has 0 fully saturated rings. The lowest BCUT2D eigenvalue weighted by molar-refractivity contribution is -0.141. The summed E-state index contributed by atoms with van der Waals surface area (Å²) < 4.78 is 68.5. The van der Waals surface area contributed by atoms with Crippen LogP contribution in [0.2, 0.25) is 0 Å². The van der Waals surface area contributed by atoms with Gasteiger partial charge in [-0.05, 0) is 24.6 Å². The molecule has 3 heterocycles. The fourth-order valence-corrected chi connectivity index (χ4v) is 3.00. The van der Waals surface area contributed by atoms with Crippen LogP contribution < -0.4 is 0 Å². The van der Waals surface area contributed by atoms with Crippen LogP contribution in [0.1, 0.15) is 23.2 Å². The predicted molar refractivity (Wildman–Crippen MR) is 84.5 cm³/mol. The van der Waals surface area contributed by atoms with E-state index in [2.05, 4.69) is 10.2 Å². The maximum Gasteiger partial charge on any atom is 0.437 e. The first-order chi connectivity index (χ1) is 12.3. The number of alkyl halides is 5. The van der Waals surface area contributed by atoms with Crippen LogP contribution in [0.4, 0.5) is 22.0 Å². The molecule has 26 heavy (non-hydrogen) atoms. The predicted octanol–water partition coefficient (Wildman–Crippen LogP) is 4.94. The Labute approximate surface area is 143 Å². The Morgan fingerprint density at radius 2 is 1.85 bits per heavy atom. The molecule has 9 heteroatoms. The van der Waals surface area contributed by atoms with Gasteiger partial charge in [-0.1, -0.05) is 18.2 Å². The van der Waals surface area contributed by atoms with Gasteiger partial charge in [0.15, 0.2) is 5.69 Å². The van der Waals surface area contributed by atoms with E-state index in [1.54, 1.807) is 25.1 Å². The Bertz CT molecular complexity index is 1120. The highest BCUT2D eigenvalue weighted by atomic mass is 19.4. The molecule has 0 aliphatic rings. The number of hydrogen-bond donors (Lipinski definition) is 0. The van der Waals surface area contributed by atoms with Gasteiger partial charge in [-0.3, -0.25) is 0 Å². The highest BCUT2D eigenvalue weighted by Gasteiger charge is 2.39. The molecule has 4 nitrogen and oxygen atoms in total. The maximum atomic E-state index is 13.6. The van der Waals surface area contributed by atoms with Gasteiger partial charge >= 0.3 is 6.18 Å². The number of halogens is 5. The van der Waals surface area contributed by atoms with Crippen molar-refractivity contribution in [1.29, 1.82) is 0 Å². The third-order valence-corrected chi connectivity index (χ3v) is 4.15. The summed E-state index contributed by atoms with van der Waals surface area (Å²) in [6.45, 7) is 1.76. The van der Waals surface area contributed by atoms with Gasteiger partial charge < -0.3 is 0 Å². The monoisotopic (exact) mass is 366 g/mol. The van der Waals surface area contributed by atoms with Crippen LogP contribution in [0.25, 0.3) is 22.1 Å². The second-order valence-electron chi connectivity index (χ2n) is 5.86. The van der Waals surface area contributed by atoms with E-state index in [9.17, 15) is 22.0 Å². The Balaban J connectivity index is 2.10. The number of pyridine rings is 1. The molecule has 4 aromatic rings. The van der Waals surface area contributed by atoms with Crippen molar-refractivity contribution in [1.82, 2.24) is 19.4 Å². The zero-order valence-corrected chi connectivity index (χ0v) is 13.3. The summed E-state index contributed by atoms with van der Waals surface area (Å²) >= 11 is 0. The molecule has 0 saturated heterocycles. The minimum atomic E-state index is -4.77. The maximum absolute atomic E-state index is 13.6. The molecule has 4 rings (SSSR count). The third-order valence-electron chi connectivity index (χ3n) is 4.15. The van der Waals surface area contributed by atoms with Crippen molar-refractivity contribution in [3.8, 4) is 5.69 Å². The van der Waals surface area contributed by atoms with E-state index in [1.165, 1.54) is 12.3 Å². The van der Waals surface area contributed by atoms with Crippen molar-refractivity contribution in [2.24, 2.45) is 0 Å². The zero-order chi connectivity index (χ0) is 18.6. The Morgan fingerprint density at radius 1 is 1.08 bits per heavy atom. The summed E-state index contributed by atoms with van der Waals surface area (Å²) in [6.07, 6.45) is -5.22. The molecule has 0 saturated carbocycles. The molecule has 0 amide bonds. The van der Waals surface area contributed by atoms with E-state index in [0.717, 1.165) is 27.0 Å². The SMILES string of the molecule is Cc1cccc2cnn(-c3c(C(F)(F)F)nn4cc(C(F)F)ccc34)c12. The van der Waals surface area contributed by atoms with Crippen molar-refractivity contribution in [2.75, 3.05) is 0 Å². The van der Waals surface area contributed by atoms with Gasteiger partial charge in [0.25, 0.3) is 6.43 Å². The van der Waals surface area contributed by atoms with Gasteiger partial charge in [-0.15, -0.1) is 0 Å². The van der Waals surface area contributed by atoms with Crippen LogP contribution in [0, 0.1) is 6.92 Å². The number of nitrogens with zero attached hydrogens (tertiary/aromatic N) is 4. The molecule has 0 spiro atoms. The first-order valence-corrected chi connectivity index (χ1v) is 7.58. The summed E-state index contributed by atoms with van der Waals surface area (Å²) in [5.74, 6) is 0. The zero-order valence-electron chi connectivity index (χ0n) is 13.3. The van der Waals surface area contributed by atoms with Gasteiger partial charge in [0, 0.05) is 17.1 Å². The second-order valence-corrected chi connectivity index (χ2v) is 5.86. The standard InChI is InChI=1S/C17H11F5N4/c1-9-3-2-4-10-7-23-26(13(9)10)14-12-6-5-11(16(18)19)8-25(12)24-15(14)17(20,21)22/h2-8,16H,1H3. The summed E-state index contributed by atoms with van der Waals surface area (Å²) in [5, 5.41) is 8.28. The Morgan fingerprint density at radius 3 is 2.54 bits per heavy atom. The van der Waals surface area contributed by atoms with Crippen molar-refractivity contribution >= 4 is 16.4 Å². The average Bonchev–Trinajstić information content (AvgIpc) is 3.15. The fourth-order valence-electron chi connectivity index (χ4n) is 3.00. The summed E-state index contributed by atoms with van der Waals surface area (Å²) in [7, 11) is 0. The Hall–Kier alpha value is -2.97. The first-order valence-electron chi connectivity index (χ1n) is 7.58.